The van der Waals surface area contributed by atoms with E-state index < -0.39 is 5.82 Å². The smallest absolute Gasteiger partial charge is 0.256 e. The van der Waals surface area contributed by atoms with Crippen molar-refractivity contribution < 1.29 is 13.9 Å². The molecule has 2 aromatic carbocycles. The first-order valence-corrected chi connectivity index (χ1v) is 8.94. The zero-order valence-electron chi connectivity index (χ0n) is 14.6. The highest BCUT2D eigenvalue weighted by Crippen LogP contribution is 2.30. The summed E-state index contributed by atoms with van der Waals surface area (Å²) in [6, 6.07) is 12.7. The molecule has 0 atom stereocenters. The second-order valence-corrected chi connectivity index (χ2v) is 6.88. The molecule has 0 aliphatic heterocycles. The highest BCUT2D eigenvalue weighted by molar-refractivity contribution is 7.20. The van der Waals surface area contributed by atoms with Gasteiger partial charge in [-0.15, -0.1) is 0 Å². The van der Waals surface area contributed by atoms with Crippen molar-refractivity contribution in [3.63, 3.8) is 0 Å². The minimum absolute atomic E-state index is 0.348. The Kier molecular flexibility index (Phi) is 4.33. The number of carbonyl (C=O) groups is 1. The molecule has 27 heavy (non-hydrogen) atoms. The molecule has 0 fully saturated rings. The Morgan fingerprint density at radius 2 is 1.96 bits per heavy atom. The molecule has 6 nitrogen and oxygen atoms in total. The van der Waals surface area contributed by atoms with Gasteiger partial charge in [0.2, 0.25) is 5.13 Å². The van der Waals surface area contributed by atoms with Gasteiger partial charge in [-0.05, 0) is 49.4 Å². The van der Waals surface area contributed by atoms with Crippen LogP contribution in [-0.4, -0.2) is 27.8 Å². The number of hydrogen-bond donors (Lipinski definition) is 1. The molecule has 0 aliphatic carbocycles. The van der Waals surface area contributed by atoms with Crippen molar-refractivity contribution in [2.45, 2.75) is 6.92 Å². The SMILES string of the molecule is COc1ccc2nc(-n3nc(C)cc3NC(=O)c3ccc(F)cc3)sc2c1. The molecule has 0 saturated heterocycles. The van der Waals surface area contributed by atoms with E-state index in [9.17, 15) is 9.18 Å². The molecule has 1 N–H and O–H groups in total. The largest absolute Gasteiger partial charge is 0.497 e. The van der Waals surface area contributed by atoms with Crippen LogP contribution >= 0.6 is 11.3 Å². The summed E-state index contributed by atoms with van der Waals surface area (Å²) in [5, 5.41) is 7.88. The summed E-state index contributed by atoms with van der Waals surface area (Å²) in [5.41, 5.74) is 1.91. The van der Waals surface area contributed by atoms with Crippen LogP contribution in [0.2, 0.25) is 0 Å². The van der Waals surface area contributed by atoms with E-state index >= 15 is 0 Å². The number of nitrogens with zero attached hydrogens (tertiary/aromatic N) is 3. The molecule has 4 aromatic rings. The van der Waals surface area contributed by atoms with Gasteiger partial charge >= 0.3 is 0 Å². The van der Waals surface area contributed by atoms with E-state index in [-0.39, 0.29) is 5.91 Å². The van der Waals surface area contributed by atoms with Gasteiger partial charge in [-0.2, -0.15) is 9.78 Å². The normalized spacial score (nSPS) is 10.9. The van der Waals surface area contributed by atoms with Gasteiger partial charge < -0.3 is 10.1 Å². The standard InChI is InChI=1S/C19H15FN4O2S/c1-11-9-17(22-18(25)12-3-5-13(20)6-4-12)24(23-11)19-21-15-8-7-14(26-2)10-16(15)27-19/h3-10H,1-2H3,(H,22,25). The van der Waals surface area contributed by atoms with Gasteiger partial charge in [0, 0.05) is 11.6 Å². The van der Waals surface area contributed by atoms with Crippen LogP contribution in [0.3, 0.4) is 0 Å². The van der Waals surface area contributed by atoms with Crippen LogP contribution in [0, 0.1) is 12.7 Å². The number of carbonyl (C=O) groups excluding carboxylic acids is 1. The Balaban J connectivity index is 1.68. The second kappa shape index (κ2) is 6.81. The molecule has 2 heterocycles. The topological polar surface area (TPSA) is 69.0 Å². The molecule has 0 unspecified atom stereocenters. The third-order valence-electron chi connectivity index (χ3n) is 3.95. The van der Waals surface area contributed by atoms with E-state index in [0.717, 1.165) is 21.7 Å². The predicted molar refractivity (Wildman–Crippen MR) is 102 cm³/mol. The number of methoxy groups -OCH3 is 1. The van der Waals surface area contributed by atoms with Crippen molar-refractivity contribution in [1.82, 2.24) is 14.8 Å². The van der Waals surface area contributed by atoms with Gasteiger partial charge in [0.25, 0.3) is 5.91 Å². The average Bonchev–Trinajstić information content (AvgIpc) is 3.24. The highest BCUT2D eigenvalue weighted by atomic mass is 32.1. The van der Waals surface area contributed by atoms with Crippen LogP contribution in [0.5, 0.6) is 5.75 Å². The minimum atomic E-state index is -0.391. The first-order valence-electron chi connectivity index (χ1n) is 8.12. The van der Waals surface area contributed by atoms with Gasteiger partial charge in [-0.3, -0.25) is 4.79 Å². The lowest BCUT2D eigenvalue weighted by molar-refractivity contribution is 0.102. The van der Waals surface area contributed by atoms with Crippen LogP contribution in [0.1, 0.15) is 16.1 Å². The minimum Gasteiger partial charge on any atom is -0.497 e. The quantitative estimate of drug-likeness (QED) is 0.575. The second-order valence-electron chi connectivity index (χ2n) is 5.87. The molecular weight excluding hydrogens is 367 g/mol. The maximum absolute atomic E-state index is 13.1. The fourth-order valence-electron chi connectivity index (χ4n) is 2.63. The first-order chi connectivity index (χ1) is 13.0. The number of fused-ring (bicyclic) bond motifs is 1. The van der Waals surface area contributed by atoms with Gasteiger partial charge in [-0.1, -0.05) is 11.3 Å². The van der Waals surface area contributed by atoms with Crippen molar-refractivity contribution in [3.05, 3.63) is 65.6 Å². The van der Waals surface area contributed by atoms with E-state index in [4.69, 9.17) is 4.74 Å². The lowest BCUT2D eigenvalue weighted by Crippen LogP contribution is -2.15. The van der Waals surface area contributed by atoms with E-state index in [1.165, 1.54) is 35.6 Å². The number of halogens is 1. The molecule has 0 saturated carbocycles. The van der Waals surface area contributed by atoms with E-state index in [1.807, 2.05) is 25.1 Å². The number of ether oxygens (including phenoxy) is 1. The summed E-state index contributed by atoms with van der Waals surface area (Å²) < 4.78 is 20.9. The van der Waals surface area contributed by atoms with E-state index in [1.54, 1.807) is 17.9 Å². The number of rotatable bonds is 4. The monoisotopic (exact) mass is 382 g/mol. The summed E-state index contributed by atoms with van der Waals surface area (Å²) in [6.07, 6.45) is 0. The molecule has 136 valence electrons. The number of hydrogen-bond acceptors (Lipinski definition) is 5. The molecule has 2 aromatic heterocycles. The molecule has 0 aliphatic rings. The Morgan fingerprint density at radius 3 is 2.70 bits per heavy atom. The van der Waals surface area contributed by atoms with Gasteiger partial charge in [-0.25, -0.2) is 9.37 Å². The van der Waals surface area contributed by atoms with Gasteiger partial charge in [0.15, 0.2) is 0 Å². The average molecular weight is 382 g/mol. The summed E-state index contributed by atoms with van der Waals surface area (Å²) in [6.45, 7) is 1.83. The summed E-state index contributed by atoms with van der Waals surface area (Å²) in [4.78, 5) is 17.1. The number of anilines is 1. The lowest BCUT2D eigenvalue weighted by Gasteiger charge is -2.06. The molecule has 0 bridgehead atoms. The Hall–Kier alpha value is -3.26. The maximum atomic E-state index is 13.1. The number of benzene rings is 2. The number of thiazole rings is 1. The maximum Gasteiger partial charge on any atom is 0.256 e. The number of aromatic nitrogens is 3. The van der Waals surface area contributed by atoms with Crippen LogP contribution in [-0.2, 0) is 0 Å². The van der Waals surface area contributed by atoms with Crippen LogP contribution in [0.25, 0.3) is 15.3 Å². The van der Waals surface area contributed by atoms with Crippen molar-refractivity contribution in [1.29, 1.82) is 0 Å². The molecule has 1 amide bonds. The predicted octanol–water partition coefficient (Wildman–Crippen LogP) is 4.19. The highest BCUT2D eigenvalue weighted by Gasteiger charge is 2.15. The fourth-order valence-corrected chi connectivity index (χ4v) is 3.59. The Labute approximate surface area is 158 Å². The Bertz CT molecular complexity index is 1130. The van der Waals surface area contributed by atoms with E-state index in [0.29, 0.717) is 16.5 Å². The lowest BCUT2D eigenvalue weighted by atomic mass is 10.2. The van der Waals surface area contributed by atoms with Crippen molar-refractivity contribution in [2.75, 3.05) is 12.4 Å². The zero-order valence-corrected chi connectivity index (χ0v) is 15.4. The van der Waals surface area contributed by atoms with Gasteiger partial charge in [0.1, 0.15) is 17.4 Å². The van der Waals surface area contributed by atoms with Crippen molar-refractivity contribution >= 4 is 33.3 Å². The first kappa shape index (κ1) is 17.2. The molecule has 0 radical (unpaired) electrons. The molecule has 0 spiro atoms. The van der Waals surface area contributed by atoms with Crippen molar-refractivity contribution in [3.8, 4) is 10.9 Å². The van der Waals surface area contributed by atoms with Crippen LogP contribution in [0.15, 0.2) is 48.5 Å². The summed E-state index contributed by atoms with van der Waals surface area (Å²) in [7, 11) is 1.61. The summed E-state index contributed by atoms with van der Waals surface area (Å²) >= 11 is 1.44. The number of amides is 1. The van der Waals surface area contributed by atoms with Crippen molar-refractivity contribution in [2.24, 2.45) is 0 Å². The van der Waals surface area contributed by atoms with Crippen LogP contribution in [0.4, 0.5) is 10.2 Å². The number of aryl methyl sites for hydroxylation is 1. The fraction of sp³-hybridized carbons (Fsp3) is 0.105. The molecular formula is C19H15FN4O2S. The number of nitrogens with one attached hydrogen (secondary N) is 1. The third kappa shape index (κ3) is 3.39. The molecule has 4 rings (SSSR count). The van der Waals surface area contributed by atoms with E-state index in [2.05, 4.69) is 15.4 Å². The zero-order chi connectivity index (χ0) is 19.0. The van der Waals surface area contributed by atoms with Gasteiger partial charge in [0.05, 0.1) is 23.0 Å². The summed E-state index contributed by atoms with van der Waals surface area (Å²) in [5.74, 6) is 0.503. The third-order valence-corrected chi connectivity index (χ3v) is 4.94. The molecule has 8 heteroatoms. The van der Waals surface area contributed by atoms with Crippen LogP contribution < -0.4 is 10.1 Å². The Morgan fingerprint density at radius 1 is 1.19 bits per heavy atom.